The molecule has 0 aromatic carbocycles. The Bertz CT molecular complexity index is 314. The quantitative estimate of drug-likeness (QED) is 0.852. The van der Waals surface area contributed by atoms with Crippen molar-refractivity contribution in [2.24, 2.45) is 0 Å². The van der Waals surface area contributed by atoms with Gasteiger partial charge in [-0.3, -0.25) is 4.79 Å². The van der Waals surface area contributed by atoms with Crippen LogP contribution in [0.15, 0.2) is 8.89 Å². The minimum atomic E-state index is -0.876. The molecule has 0 fully saturated rings. The Hall–Kier alpha value is -0.770. The number of aryl methyl sites for hydroxylation is 1. The molecule has 0 saturated carbocycles. The van der Waals surface area contributed by atoms with E-state index in [-0.39, 0.29) is 6.42 Å². The van der Waals surface area contributed by atoms with Gasteiger partial charge in [-0.2, -0.15) is 0 Å². The van der Waals surface area contributed by atoms with Gasteiger partial charge in [-0.1, -0.05) is 0 Å². The second-order valence-electron chi connectivity index (χ2n) is 2.59. The standard InChI is InChI=1S/C8H9BrO3/c1-4-6(3-7(10)11)12-5(2)8(4)9/h3H2,1-2H3,(H,10,11). The van der Waals surface area contributed by atoms with Crippen molar-refractivity contribution in [2.75, 3.05) is 0 Å². The van der Waals surface area contributed by atoms with Gasteiger partial charge in [-0.05, 0) is 29.8 Å². The summed E-state index contributed by atoms with van der Waals surface area (Å²) in [6, 6.07) is 0. The summed E-state index contributed by atoms with van der Waals surface area (Å²) in [6.45, 7) is 3.63. The number of carbonyl (C=O) groups is 1. The molecule has 0 aliphatic carbocycles. The Balaban J connectivity index is 3.01. The van der Waals surface area contributed by atoms with Crippen molar-refractivity contribution < 1.29 is 14.3 Å². The van der Waals surface area contributed by atoms with E-state index in [9.17, 15) is 4.79 Å². The van der Waals surface area contributed by atoms with E-state index in [1.54, 1.807) is 6.92 Å². The van der Waals surface area contributed by atoms with Crippen molar-refractivity contribution in [1.82, 2.24) is 0 Å². The summed E-state index contributed by atoms with van der Waals surface area (Å²) in [4.78, 5) is 10.4. The van der Waals surface area contributed by atoms with Gasteiger partial charge >= 0.3 is 5.97 Å². The minimum Gasteiger partial charge on any atom is -0.481 e. The highest BCUT2D eigenvalue weighted by Crippen LogP contribution is 2.26. The molecule has 0 spiro atoms. The molecule has 0 atom stereocenters. The molecule has 0 aliphatic rings. The molecule has 1 rings (SSSR count). The van der Waals surface area contributed by atoms with E-state index < -0.39 is 5.97 Å². The zero-order chi connectivity index (χ0) is 9.30. The average molecular weight is 233 g/mol. The SMILES string of the molecule is Cc1oc(CC(=O)O)c(C)c1Br. The molecular weight excluding hydrogens is 224 g/mol. The summed E-state index contributed by atoms with van der Waals surface area (Å²) in [5.74, 6) is 0.370. The van der Waals surface area contributed by atoms with Crippen LogP contribution in [0.4, 0.5) is 0 Å². The number of furan rings is 1. The van der Waals surface area contributed by atoms with Crippen LogP contribution in [0.2, 0.25) is 0 Å². The molecule has 66 valence electrons. The Kier molecular flexibility index (Phi) is 2.57. The van der Waals surface area contributed by atoms with E-state index in [2.05, 4.69) is 15.9 Å². The molecule has 1 aromatic rings. The molecular formula is C8H9BrO3. The van der Waals surface area contributed by atoms with Crippen molar-refractivity contribution in [3.8, 4) is 0 Å². The van der Waals surface area contributed by atoms with Gasteiger partial charge in [0.05, 0.1) is 4.47 Å². The molecule has 1 heterocycles. The van der Waals surface area contributed by atoms with Gasteiger partial charge in [0.15, 0.2) is 0 Å². The molecule has 1 aromatic heterocycles. The van der Waals surface area contributed by atoms with E-state index in [4.69, 9.17) is 9.52 Å². The molecule has 3 nitrogen and oxygen atoms in total. The lowest BCUT2D eigenvalue weighted by Crippen LogP contribution is -1.99. The van der Waals surface area contributed by atoms with E-state index in [1.165, 1.54) is 0 Å². The lowest BCUT2D eigenvalue weighted by molar-refractivity contribution is -0.136. The summed E-state index contributed by atoms with van der Waals surface area (Å²) < 4.78 is 6.09. The third-order valence-corrected chi connectivity index (χ3v) is 2.80. The first kappa shape index (κ1) is 9.32. The summed E-state index contributed by atoms with van der Waals surface area (Å²) >= 11 is 3.30. The first-order chi connectivity index (χ1) is 5.52. The Labute approximate surface area is 78.5 Å². The summed E-state index contributed by atoms with van der Waals surface area (Å²) in [5.41, 5.74) is 0.870. The maximum Gasteiger partial charge on any atom is 0.311 e. The number of aliphatic carboxylic acids is 1. The van der Waals surface area contributed by atoms with Gasteiger partial charge in [0.2, 0.25) is 0 Å². The fourth-order valence-corrected chi connectivity index (χ4v) is 1.30. The van der Waals surface area contributed by atoms with Crippen molar-refractivity contribution in [2.45, 2.75) is 20.3 Å². The van der Waals surface area contributed by atoms with E-state index >= 15 is 0 Å². The molecule has 0 bridgehead atoms. The average Bonchev–Trinajstić information content (AvgIpc) is 2.17. The topological polar surface area (TPSA) is 50.4 Å². The molecule has 0 aliphatic heterocycles. The fraction of sp³-hybridized carbons (Fsp3) is 0.375. The molecule has 12 heavy (non-hydrogen) atoms. The van der Waals surface area contributed by atoms with Crippen LogP contribution in [-0.2, 0) is 11.2 Å². The number of hydrogen-bond donors (Lipinski definition) is 1. The van der Waals surface area contributed by atoms with Crippen LogP contribution in [-0.4, -0.2) is 11.1 Å². The Morgan fingerprint density at radius 3 is 2.50 bits per heavy atom. The molecule has 1 N–H and O–H groups in total. The van der Waals surface area contributed by atoms with Crippen molar-refractivity contribution in [3.63, 3.8) is 0 Å². The van der Waals surface area contributed by atoms with Gasteiger partial charge in [-0.15, -0.1) is 0 Å². The lowest BCUT2D eigenvalue weighted by atomic mass is 10.2. The molecule has 0 amide bonds. The second kappa shape index (κ2) is 3.31. The van der Waals surface area contributed by atoms with Crippen LogP contribution < -0.4 is 0 Å². The smallest absolute Gasteiger partial charge is 0.311 e. The molecule has 0 saturated heterocycles. The second-order valence-corrected chi connectivity index (χ2v) is 3.38. The van der Waals surface area contributed by atoms with Crippen molar-refractivity contribution >= 4 is 21.9 Å². The minimum absolute atomic E-state index is 0.0573. The van der Waals surface area contributed by atoms with Crippen LogP contribution in [0.25, 0.3) is 0 Å². The van der Waals surface area contributed by atoms with Crippen molar-refractivity contribution in [1.29, 1.82) is 0 Å². The summed E-state index contributed by atoms with van der Waals surface area (Å²) in [5, 5.41) is 8.52. The van der Waals surface area contributed by atoms with Crippen LogP contribution in [0.1, 0.15) is 17.1 Å². The lowest BCUT2D eigenvalue weighted by Gasteiger charge is -1.91. The van der Waals surface area contributed by atoms with Crippen molar-refractivity contribution in [3.05, 3.63) is 21.6 Å². The molecule has 0 radical (unpaired) electrons. The van der Waals surface area contributed by atoms with E-state index in [0.717, 1.165) is 15.8 Å². The zero-order valence-electron chi connectivity index (χ0n) is 6.85. The van der Waals surface area contributed by atoms with Gasteiger partial charge in [0.25, 0.3) is 0 Å². The number of halogens is 1. The number of carboxylic acid groups (broad SMARTS) is 1. The van der Waals surface area contributed by atoms with E-state index in [0.29, 0.717) is 5.76 Å². The van der Waals surface area contributed by atoms with Crippen LogP contribution in [0.5, 0.6) is 0 Å². The maximum atomic E-state index is 10.4. The highest BCUT2D eigenvalue weighted by Gasteiger charge is 2.13. The highest BCUT2D eigenvalue weighted by atomic mass is 79.9. The normalized spacial score (nSPS) is 10.2. The van der Waals surface area contributed by atoms with Crippen LogP contribution in [0, 0.1) is 13.8 Å². The molecule has 0 unspecified atom stereocenters. The predicted octanol–water partition coefficient (Wildman–Crippen LogP) is 2.29. The third kappa shape index (κ3) is 1.69. The maximum absolute atomic E-state index is 10.4. The third-order valence-electron chi connectivity index (χ3n) is 1.64. The number of rotatable bonds is 2. The first-order valence-corrected chi connectivity index (χ1v) is 4.28. The highest BCUT2D eigenvalue weighted by molar-refractivity contribution is 9.10. The zero-order valence-corrected chi connectivity index (χ0v) is 8.43. The fourth-order valence-electron chi connectivity index (χ4n) is 0.999. The van der Waals surface area contributed by atoms with Crippen LogP contribution in [0.3, 0.4) is 0 Å². The first-order valence-electron chi connectivity index (χ1n) is 3.48. The van der Waals surface area contributed by atoms with Gasteiger partial charge in [-0.25, -0.2) is 0 Å². The predicted molar refractivity (Wildman–Crippen MR) is 47.2 cm³/mol. The van der Waals surface area contributed by atoms with Gasteiger partial charge in [0, 0.05) is 5.56 Å². The van der Waals surface area contributed by atoms with Gasteiger partial charge in [0.1, 0.15) is 17.9 Å². The summed E-state index contributed by atoms with van der Waals surface area (Å²) in [6.07, 6.45) is -0.0573. The van der Waals surface area contributed by atoms with E-state index in [1.807, 2.05) is 6.92 Å². The number of carboxylic acids is 1. The van der Waals surface area contributed by atoms with Gasteiger partial charge < -0.3 is 9.52 Å². The largest absolute Gasteiger partial charge is 0.481 e. The Morgan fingerprint density at radius 2 is 2.17 bits per heavy atom. The summed E-state index contributed by atoms with van der Waals surface area (Å²) in [7, 11) is 0. The molecule has 4 heteroatoms. The Morgan fingerprint density at radius 1 is 1.58 bits per heavy atom. The van der Waals surface area contributed by atoms with Crippen LogP contribution >= 0.6 is 15.9 Å². The monoisotopic (exact) mass is 232 g/mol. The number of hydrogen-bond acceptors (Lipinski definition) is 2.